The van der Waals surface area contributed by atoms with Crippen LogP contribution in [0.15, 0.2) is 35.4 Å². The molecule has 1 aromatic heterocycles. The van der Waals surface area contributed by atoms with Gasteiger partial charge >= 0.3 is 0 Å². The number of aryl methyl sites for hydroxylation is 1. The number of ether oxygens (including phenoxy) is 1. The second kappa shape index (κ2) is 6.09. The number of benzene rings is 1. The first-order valence-electron chi connectivity index (χ1n) is 7.07. The van der Waals surface area contributed by atoms with Gasteiger partial charge in [0.05, 0.1) is 25.0 Å². The van der Waals surface area contributed by atoms with Gasteiger partial charge in [0.2, 0.25) is 0 Å². The molecule has 1 aliphatic rings. The molecule has 0 radical (unpaired) electrons. The van der Waals surface area contributed by atoms with Crippen LogP contribution in [-0.4, -0.2) is 22.6 Å². The highest BCUT2D eigenvalue weighted by molar-refractivity contribution is 7.99. The van der Waals surface area contributed by atoms with E-state index in [0.717, 1.165) is 23.7 Å². The standard InChI is InChI=1S/C15H20N4OS/c1-3-19-15(12(20-2)8-17-19)14(18-16)11-9-21-13-7-5-4-6-10(11)13/h4-8,11,14,18H,3,9,16H2,1-2H3. The van der Waals surface area contributed by atoms with Crippen molar-refractivity contribution in [2.75, 3.05) is 12.9 Å². The minimum absolute atomic E-state index is 0.0152. The predicted octanol–water partition coefficient (Wildman–Crippen LogP) is 2.31. The van der Waals surface area contributed by atoms with E-state index in [-0.39, 0.29) is 6.04 Å². The average molecular weight is 304 g/mol. The molecule has 0 saturated carbocycles. The van der Waals surface area contributed by atoms with Gasteiger partial charge in [-0.25, -0.2) is 0 Å². The number of aromatic nitrogens is 2. The second-order valence-electron chi connectivity index (χ2n) is 5.01. The fourth-order valence-electron chi connectivity index (χ4n) is 2.95. The van der Waals surface area contributed by atoms with E-state index in [9.17, 15) is 0 Å². The Morgan fingerprint density at radius 3 is 3.05 bits per heavy atom. The Balaban J connectivity index is 2.02. The molecule has 112 valence electrons. The zero-order chi connectivity index (χ0) is 14.8. The number of hydrogen-bond acceptors (Lipinski definition) is 5. The summed E-state index contributed by atoms with van der Waals surface area (Å²) in [5.74, 6) is 8.00. The van der Waals surface area contributed by atoms with Crippen LogP contribution in [0.4, 0.5) is 0 Å². The van der Waals surface area contributed by atoms with Crippen LogP contribution in [0, 0.1) is 0 Å². The zero-order valence-corrected chi connectivity index (χ0v) is 13.1. The van der Waals surface area contributed by atoms with Crippen LogP contribution in [0.3, 0.4) is 0 Å². The Bertz CT molecular complexity index is 606. The molecule has 2 atom stereocenters. The maximum atomic E-state index is 5.89. The Kier molecular flexibility index (Phi) is 4.19. The molecule has 3 rings (SSSR count). The van der Waals surface area contributed by atoms with Gasteiger partial charge in [-0.3, -0.25) is 16.0 Å². The van der Waals surface area contributed by atoms with Crippen molar-refractivity contribution in [2.45, 2.75) is 30.3 Å². The van der Waals surface area contributed by atoms with Crippen LogP contribution < -0.4 is 16.0 Å². The smallest absolute Gasteiger partial charge is 0.161 e. The number of nitrogens with zero attached hydrogens (tertiary/aromatic N) is 2. The molecule has 21 heavy (non-hydrogen) atoms. The fourth-order valence-corrected chi connectivity index (χ4v) is 4.24. The number of hydrazine groups is 1. The molecule has 6 heteroatoms. The molecule has 0 spiro atoms. The first-order chi connectivity index (χ1) is 10.3. The lowest BCUT2D eigenvalue weighted by atomic mass is 9.91. The summed E-state index contributed by atoms with van der Waals surface area (Å²) in [5.41, 5.74) is 5.34. The Morgan fingerprint density at radius 2 is 2.33 bits per heavy atom. The fraction of sp³-hybridized carbons (Fsp3) is 0.400. The largest absolute Gasteiger partial charge is 0.493 e. The third kappa shape index (κ3) is 2.43. The van der Waals surface area contributed by atoms with Crippen molar-refractivity contribution in [2.24, 2.45) is 5.84 Å². The van der Waals surface area contributed by atoms with Gasteiger partial charge in [-0.2, -0.15) is 5.10 Å². The number of methoxy groups -OCH3 is 1. The Hall–Kier alpha value is -1.50. The minimum Gasteiger partial charge on any atom is -0.493 e. The molecule has 5 nitrogen and oxygen atoms in total. The van der Waals surface area contributed by atoms with Gasteiger partial charge in [0.15, 0.2) is 5.75 Å². The molecule has 1 aliphatic heterocycles. The second-order valence-corrected chi connectivity index (χ2v) is 6.08. The molecular formula is C15H20N4OS. The number of rotatable bonds is 5. The van der Waals surface area contributed by atoms with Crippen molar-refractivity contribution in [3.05, 3.63) is 41.7 Å². The van der Waals surface area contributed by atoms with E-state index in [1.807, 2.05) is 16.4 Å². The normalized spacial score (nSPS) is 18.5. The van der Waals surface area contributed by atoms with Crippen LogP contribution in [0.2, 0.25) is 0 Å². The predicted molar refractivity (Wildman–Crippen MR) is 84.4 cm³/mol. The number of nitrogens with two attached hydrogens (primary N) is 1. The van der Waals surface area contributed by atoms with Crippen LogP contribution in [0.1, 0.15) is 30.1 Å². The van der Waals surface area contributed by atoms with Gasteiger partial charge in [-0.15, -0.1) is 11.8 Å². The highest BCUT2D eigenvalue weighted by Gasteiger charge is 2.34. The third-order valence-electron chi connectivity index (χ3n) is 3.98. The van der Waals surface area contributed by atoms with Crippen molar-refractivity contribution in [3.8, 4) is 5.75 Å². The maximum Gasteiger partial charge on any atom is 0.161 e. The van der Waals surface area contributed by atoms with E-state index in [1.54, 1.807) is 13.3 Å². The highest BCUT2D eigenvalue weighted by atomic mass is 32.2. The Labute approximate surface area is 128 Å². The summed E-state index contributed by atoms with van der Waals surface area (Å²) in [6, 6.07) is 8.50. The lowest BCUT2D eigenvalue weighted by molar-refractivity contribution is 0.380. The monoisotopic (exact) mass is 304 g/mol. The average Bonchev–Trinajstić information content (AvgIpc) is 3.13. The quantitative estimate of drug-likeness (QED) is 0.655. The van der Waals surface area contributed by atoms with Gasteiger partial charge in [0, 0.05) is 23.1 Å². The molecule has 2 aromatic rings. The van der Waals surface area contributed by atoms with Gasteiger partial charge in [-0.1, -0.05) is 18.2 Å². The topological polar surface area (TPSA) is 65.1 Å². The van der Waals surface area contributed by atoms with Gasteiger partial charge in [0.1, 0.15) is 0 Å². The molecule has 0 amide bonds. The molecule has 0 aliphatic carbocycles. The molecule has 3 N–H and O–H groups in total. The molecule has 0 fully saturated rings. The maximum absolute atomic E-state index is 5.89. The number of hydrogen-bond donors (Lipinski definition) is 2. The van der Waals surface area contributed by atoms with Crippen LogP contribution in [0.25, 0.3) is 0 Å². The third-order valence-corrected chi connectivity index (χ3v) is 5.19. The van der Waals surface area contributed by atoms with Crippen LogP contribution in [0.5, 0.6) is 5.75 Å². The molecule has 0 bridgehead atoms. The first-order valence-corrected chi connectivity index (χ1v) is 8.06. The number of fused-ring (bicyclic) bond motifs is 1. The Morgan fingerprint density at radius 1 is 1.52 bits per heavy atom. The molecule has 2 unspecified atom stereocenters. The molecule has 0 saturated heterocycles. The van der Waals surface area contributed by atoms with Crippen molar-refractivity contribution < 1.29 is 4.74 Å². The van der Waals surface area contributed by atoms with Gasteiger partial charge in [-0.05, 0) is 18.6 Å². The van der Waals surface area contributed by atoms with Crippen molar-refractivity contribution >= 4 is 11.8 Å². The van der Waals surface area contributed by atoms with E-state index in [0.29, 0.717) is 5.92 Å². The van der Waals surface area contributed by atoms with Crippen LogP contribution >= 0.6 is 11.8 Å². The molecule has 1 aromatic carbocycles. The van der Waals surface area contributed by atoms with E-state index in [1.165, 1.54) is 10.5 Å². The highest BCUT2D eigenvalue weighted by Crippen LogP contribution is 2.46. The summed E-state index contributed by atoms with van der Waals surface area (Å²) in [7, 11) is 1.67. The zero-order valence-electron chi connectivity index (χ0n) is 12.2. The summed E-state index contributed by atoms with van der Waals surface area (Å²) in [4.78, 5) is 1.34. The molecule has 2 heterocycles. The van der Waals surface area contributed by atoms with Gasteiger partial charge in [0.25, 0.3) is 0 Å². The van der Waals surface area contributed by atoms with Crippen molar-refractivity contribution in [1.82, 2.24) is 15.2 Å². The molecular weight excluding hydrogens is 284 g/mol. The van der Waals surface area contributed by atoms with E-state index >= 15 is 0 Å². The van der Waals surface area contributed by atoms with Crippen molar-refractivity contribution in [3.63, 3.8) is 0 Å². The lowest BCUT2D eigenvalue weighted by Crippen LogP contribution is -2.34. The summed E-state index contributed by atoms with van der Waals surface area (Å²) in [6.07, 6.45) is 1.76. The SMILES string of the molecule is CCn1ncc(OC)c1C(NN)C1CSc2ccccc21. The summed E-state index contributed by atoms with van der Waals surface area (Å²) in [6.45, 7) is 2.86. The number of nitrogens with one attached hydrogen (secondary N) is 1. The van der Waals surface area contributed by atoms with E-state index in [4.69, 9.17) is 10.6 Å². The minimum atomic E-state index is -0.0152. The van der Waals surface area contributed by atoms with E-state index in [2.05, 4.69) is 41.7 Å². The summed E-state index contributed by atoms with van der Waals surface area (Å²) in [5, 5.41) is 4.39. The summed E-state index contributed by atoms with van der Waals surface area (Å²) >= 11 is 1.88. The van der Waals surface area contributed by atoms with Crippen molar-refractivity contribution in [1.29, 1.82) is 0 Å². The summed E-state index contributed by atoms with van der Waals surface area (Å²) < 4.78 is 7.43. The van der Waals surface area contributed by atoms with E-state index < -0.39 is 0 Å². The van der Waals surface area contributed by atoms with Crippen LogP contribution in [-0.2, 0) is 6.54 Å². The lowest BCUT2D eigenvalue weighted by Gasteiger charge is -2.24. The van der Waals surface area contributed by atoms with Gasteiger partial charge < -0.3 is 4.74 Å². The number of thioether (sulfide) groups is 1. The first kappa shape index (κ1) is 14.4.